The van der Waals surface area contributed by atoms with Crippen molar-refractivity contribution < 1.29 is 19.8 Å². The summed E-state index contributed by atoms with van der Waals surface area (Å²) in [6.45, 7) is 5.87. The molecule has 5 nitrogen and oxygen atoms in total. The molecule has 0 aliphatic rings. The van der Waals surface area contributed by atoms with Crippen molar-refractivity contribution in [1.82, 2.24) is 5.32 Å². The second-order valence-corrected chi connectivity index (χ2v) is 13.8. The summed E-state index contributed by atoms with van der Waals surface area (Å²) in [6.07, 6.45) is 40.0. The second-order valence-electron chi connectivity index (χ2n) is 13.8. The highest BCUT2D eigenvalue weighted by Crippen LogP contribution is 2.20. The van der Waals surface area contributed by atoms with Crippen molar-refractivity contribution in [2.75, 3.05) is 6.61 Å². The first-order valence-electron chi connectivity index (χ1n) is 19.9. The van der Waals surface area contributed by atoms with Gasteiger partial charge >= 0.3 is 0 Å². The van der Waals surface area contributed by atoms with Crippen LogP contribution >= 0.6 is 0 Å². The number of nitrogens with one attached hydrogen (secondary N) is 1. The Morgan fingerprint density at radius 3 is 1.26 bits per heavy atom. The number of amides is 1. The number of Topliss-reactive ketones (excluding diaryl/α,β-unsaturated/α-hetero) is 1. The fraction of sp³-hybridized carbons (Fsp3) is 0.854. The first-order chi connectivity index (χ1) is 22.5. The highest BCUT2D eigenvalue weighted by molar-refractivity contribution is 5.86. The van der Waals surface area contributed by atoms with Crippen LogP contribution < -0.4 is 5.32 Å². The van der Waals surface area contributed by atoms with Crippen molar-refractivity contribution in [1.29, 1.82) is 0 Å². The van der Waals surface area contributed by atoms with Crippen LogP contribution in [0.15, 0.2) is 24.3 Å². The van der Waals surface area contributed by atoms with Crippen molar-refractivity contribution >= 4 is 11.7 Å². The number of unbranched alkanes of at least 4 members (excludes halogenated alkanes) is 22. The topological polar surface area (TPSA) is 86.6 Å². The summed E-state index contributed by atoms with van der Waals surface area (Å²) in [5.41, 5.74) is -1.29. The first-order valence-corrected chi connectivity index (χ1v) is 19.9. The Bertz CT molecular complexity index is 743. The van der Waals surface area contributed by atoms with Crippen LogP contribution in [0.4, 0.5) is 0 Å². The van der Waals surface area contributed by atoms with E-state index in [9.17, 15) is 19.8 Å². The second kappa shape index (κ2) is 33.4. The van der Waals surface area contributed by atoms with Crippen molar-refractivity contribution in [2.24, 2.45) is 0 Å². The number of aliphatic hydroxyl groups is 2. The van der Waals surface area contributed by atoms with Gasteiger partial charge in [-0.25, -0.2) is 0 Å². The van der Waals surface area contributed by atoms with E-state index in [-0.39, 0.29) is 18.1 Å². The molecule has 0 radical (unpaired) electrons. The molecule has 0 saturated heterocycles. The molecule has 0 spiro atoms. The largest absolute Gasteiger partial charge is 0.394 e. The summed E-state index contributed by atoms with van der Waals surface area (Å²) >= 11 is 0. The SMILES string of the molecule is CCCCCCCCC=CCCCCCCCC(=O)NC(CC)(CO)C(O)C(=O)CCCCCCCC=CCCCCCCCC. The van der Waals surface area contributed by atoms with E-state index in [2.05, 4.69) is 43.5 Å². The molecule has 0 aromatic rings. The number of carbonyl (C=O) groups excluding carboxylic acids is 2. The van der Waals surface area contributed by atoms with Gasteiger partial charge in [0.1, 0.15) is 6.10 Å². The molecule has 0 heterocycles. The molecular formula is C41H77NO4. The van der Waals surface area contributed by atoms with Crippen LogP contribution in [0.2, 0.25) is 0 Å². The third-order valence-corrected chi connectivity index (χ3v) is 9.48. The van der Waals surface area contributed by atoms with E-state index in [1.807, 2.05) is 0 Å². The molecule has 0 aromatic carbocycles. The zero-order chi connectivity index (χ0) is 34.0. The number of hydrogen-bond acceptors (Lipinski definition) is 4. The number of rotatable bonds is 35. The van der Waals surface area contributed by atoms with E-state index in [1.54, 1.807) is 6.92 Å². The molecular weight excluding hydrogens is 570 g/mol. The van der Waals surface area contributed by atoms with Crippen LogP contribution in [-0.2, 0) is 9.59 Å². The van der Waals surface area contributed by atoms with Crippen molar-refractivity contribution in [3.8, 4) is 0 Å². The molecule has 3 N–H and O–H groups in total. The Hall–Kier alpha value is -1.46. The fourth-order valence-electron chi connectivity index (χ4n) is 6.10. The highest BCUT2D eigenvalue weighted by atomic mass is 16.3. The van der Waals surface area contributed by atoms with E-state index >= 15 is 0 Å². The van der Waals surface area contributed by atoms with E-state index < -0.39 is 18.2 Å². The number of hydrogen-bond donors (Lipinski definition) is 3. The van der Waals surface area contributed by atoms with Crippen molar-refractivity contribution in [2.45, 2.75) is 219 Å². The average Bonchev–Trinajstić information content (AvgIpc) is 3.06. The van der Waals surface area contributed by atoms with Gasteiger partial charge in [0.05, 0.1) is 12.1 Å². The molecule has 0 aliphatic carbocycles. The minimum absolute atomic E-state index is 0.193. The van der Waals surface area contributed by atoms with E-state index in [1.165, 1.54) is 109 Å². The standard InChI is InChI=1S/C41H77NO4/c1-4-7-9-11-13-15-17-19-21-23-25-27-29-31-33-35-38(44)40(46)41(6-3,37-43)42-39(45)36-34-32-30-28-26-24-22-20-18-16-14-12-10-8-5-2/h19-22,40,43,46H,4-18,23-37H2,1-3H3,(H,42,45). The van der Waals surface area contributed by atoms with E-state index in [4.69, 9.17) is 0 Å². The van der Waals surface area contributed by atoms with Gasteiger partial charge in [0.25, 0.3) is 0 Å². The molecule has 5 heteroatoms. The number of ketones is 1. The molecule has 270 valence electrons. The minimum atomic E-state index is -1.38. The number of carbonyl (C=O) groups is 2. The zero-order valence-electron chi connectivity index (χ0n) is 30.8. The van der Waals surface area contributed by atoms with Gasteiger partial charge in [0.2, 0.25) is 5.91 Å². The number of allylic oxidation sites excluding steroid dienone is 4. The summed E-state index contributed by atoms with van der Waals surface area (Å²) in [6, 6.07) is 0. The lowest BCUT2D eigenvalue weighted by Gasteiger charge is -2.35. The smallest absolute Gasteiger partial charge is 0.220 e. The molecule has 46 heavy (non-hydrogen) atoms. The van der Waals surface area contributed by atoms with Gasteiger partial charge in [0.15, 0.2) is 5.78 Å². The van der Waals surface area contributed by atoms with Crippen LogP contribution in [0.5, 0.6) is 0 Å². The van der Waals surface area contributed by atoms with Crippen LogP contribution in [0, 0.1) is 0 Å². The summed E-state index contributed by atoms with van der Waals surface area (Å²) < 4.78 is 0. The Morgan fingerprint density at radius 2 is 0.891 bits per heavy atom. The maximum absolute atomic E-state index is 12.8. The Balaban J connectivity index is 3.99. The third-order valence-electron chi connectivity index (χ3n) is 9.48. The van der Waals surface area contributed by atoms with Crippen molar-refractivity contribution in [3.63, 3.8) is 0 Å². The van der Waals surface area contributed by atoms with Crippen LogP contribution in [0.1, 0.15) is 207 Å². The van der Waals surface area contributed by atoms with Crippen LogP contribution in [0.25, 0.3) is 0 Å². The van der Waals surface area contributed by atoms with Gasteiger partial charge in [-0.15, -0.1) is 0 Å². The summed E-state index contributed by atoms with van der Waals surface area (Å²) in [4.78, 5) is 25.5. The third kappa shape index (κ3) is 25.6. The normalized spacial score (nSPS) is 13.8. The van der Waals surface area contributed by atoms with Crippen LogP contribution in [0.3, 0.4) is 0 Å². The maximum atomic E-state index is 12.8. The highest BCUT2D eigenvalue weighted by Gasteiger charge is 2.40. The molecule has 0 fully saturated rings. The quantitative estimate of drug-likeness (QED) is 0.0472. The molecule has 1 amide bonds. The minimum Gasteiger partial charge on any atom is -0.394 e. The predicted molar refractivity (Wildman–Crippen MR) is 198 cm³/mol. The van der Waals surface area contributed by atoms with E-state index in [0.717, 1.165) is 57.8 Å². The Labute approximate surface area is 285 Å². The Morgan fingerprint density at radius 1 is 0.543 bits per heavy atom. The van der Waals surface area contributed by atoms with Crippen molar-refractivity contribution in [3.05, 3.63) is 24.3 Å². The molecule has 0 aromatic heterocycles. The number of aliphatic hydroxyl groups excluding tert-OH is 2. The van der Waals surface area contributed by atoms with Crippen LogP contribution in [-0.4, -0.2) is 40.2 Å². The lowest BCUT2D eigenvalue weighted by molar-refractivity contribution is -0.137. The average molecular weight is 648 g/mol. The monoisotopic (exact) mass is 648 g/mol. The molecule has 0 aliphatic heterocycles. The summed E-state index contributed by atoms with van der Waals surface area (Å²) in [5.74, 6) is -0.476. The zero-order valence-corrected chi connectivity index (χ0v) is 30.8. The first kappa shape index (κ1) is 44.5. The summed E-state index contributed by atoms with van der Waals surface area (Å²) in [5, 5.41) is 23.8. The lowest BCUT2D eigenvalue weighted by Crippen LogP contribution is -2.61. The predicted octanol–water partition coefficient (Wildman–Crippen LogP) is 11.2. The molecule has 0 saturated carbocycles. The molecule has 2 atom stereocenters. The van der Waals surface area contributed by atoms with Gasteiger partial charge in [-0.05, 0) is 70.6 Å². The lowest BCUT2D eigenvalue weighted by atomic mass is 9.85. The molecule has 2 unspecified atom stereocenters. The van der Waals surface area contributed by atoms with Gasteiger partial charge in [0, 0.05) is 12.8 Å². The van der Waals surface area contributed by atoms with Gasteiger partial charge < -0.3 is 15.5 Å². The molecule has 0 bridgehead atoms. The molecule has 0 rings (SSSR count). The van der Waals surface area contributed by atoms with E-state index in [0.29, 0.717) is 12.8 Å². The van der Waals surface area contributed by atoms with Gasteiger partial charge in [-0.2, -0.15) is 0 Å². The van der Waals surface area contributed by atoms with Gasteiger partial charge in [-0.1, -0.05) is 148 Å². The Kier molecular flexibility index (Phi) is 32.4. The fourth-order valence-corrected chi connectivity index (χ4v) is 6.10. The summed E-state index contributed by atoms with van der Waals surface area (Å²) in [7, 11) is 0. The van der Waals surface area contributed by atoms with Gasteiger partial charge in [-0.3, -0.25) is 9.59 Å². The maximum Gasteiger partial charge on any atom is 0.220 e.